The first-order valence-corrected chi connectivity index (χ1v) is 4.64. The van der Waals surface area contributed by atoms with Crippen molar-refractivity contribution >= 4 is 28.9 Å². The predicted octanol–water partition coefficient (Wildman–Crippen LogP) is 1.34. The van der Waals surface area contributed by atoms with Gasteiger partial charge in [0.25, 0.3) is 0 Å². The van der Waals surface area contributed by atoms with Crippen LogP contribution in [0.3, 0.4) is 0 Å². The molecule has 0 unspecified atom stereocenters. The van der Waals surface area contributed by atoms with Gasteiger partial charge in [-0.05, 0) is 0 Å². The van der Waals surface area contributed by atoms with Crippen molar-refractivity contribution in [1.82, 2.24) is 9.78 Å². The quantitative estimate of drug-likeness (QED) is 0.826. The normalized spacial score (nSPS) is 15.1. The van der Waals surface area contributed by atoms with Crippen LogP contribution in [0.2, 0.25) is 5.02 Å². The van der Waals surface area contributed by atoms with Gasteiger partial charge < -0.3 is 5.11 Å². The van der Waals surface area contributed by atoms with Crippen LogP contribution in [0.4, 0.5) is 0 Å². The van der Waals surface area contributed by atoms with E-state index in [4.69, 9.17) is 16.7 Å². The van der Waals surface area contributed by atoms with Crippen LogP contribution in [0.15, 0.2) is 17.4 Å². The van der Waals surface area contributed by atoms with Crippen molar-refractivity contribution in [2.24, 2.45) is 12.0 Å². The molecule has 2 heterocycles. The summed E-state index contributed by atoms with van der Waals surface area (Å²) >= 11 is 5.93. The number of rotatable bonds is 2. The summed E-state index contributed by atoms with van der Waals surface area (Å²) in [6, 6.07) is 0. The first kappa shape index (κ1) is 9.92. The molecule has 1 aliphatic heterocycles. The van der Waals surface area contributed by atoms with Gasteiger partial charge in [-0.1, -0.05) is 11.6 Å². The number of aliphatic carboxylic acids is 1. The lowest BCUT2D eigenvalue weighted by atomic mass is 10.1. The highest BCUT2D eigenvalue weighted by Crippen LogP contribution is 2.28. The minimum Gasteiger partial charge on any atom is -0.477 e. The number of halogens is 1. The van der Waals surface area contributed by atoms with Gasteiger partial charge >= 0.3 is 5.97 Å². The van der Waals surface area contributed by atoms with E-state index < -0.39 is 5.97 Å². The third kappa shape index (κ3) is 1.66. The van der Waals surface area contributed by atoms with Crippen molar-refractivity contribution in [3.63, 3.8) is 0 Å². The fourth-order valence-corrected chi connectivity index (χ4v) is 1.76. The number of carbonyl (C=O) groups is 1. The SMILES string of the molecule is Cn1ncc(Cl)c1C1=CN=C(C(=O)O)C1. The minimum absolute atomic E-state index is 0.127. The fourth-order valence-electron chi connectivity index (χ4n) is 1.48. The van der Waals surface area contributed by atoms with E-state index in [2.05, 4.69) is 10.1 Å². The first-order chi connectivity index (χ1) is 7.09. The zero-order valence-corrected chi connectivity index (χ0v) is 8.69. The Bertz CT molecular complexity index is 468. The molecule has 0 amide bonds. The maximum Gasteiger partial charge on any atom is 0.350 e. The van der Waals surface area contributed by atoms with Crippen LogP contribution in [0, 0.1) is 0 Å². The van der Waals surface area contributed by atoms with Gasteiger partial charge in [0.15, 0.2) is 0 Å². The second-order valence-electron chi connectivity index (χ2n) is 3.18. The van der Waals surface area contributed by atoms with Crippen LogP contribution in [-0.4, -0.2) is 26.6 Å². The summed E-state index contributed by atoms with van der Waals surface area (Å²) in [5.74, 6) is -1.00. The lowest BCUT2D eigenvalue weighted by Crippen LogP contribution is -2.10. The van der Waals surface area contributed by atoms with Crippen molar-refractivity contribution in [3.8, 4) is 0 Å². The van der Waals surface area contributed by atoms with E-state index in [1.54, 1.807) is 11.7 Å². The second kappa shape index (κ2) is 3.51. The Hall–Kier alpha value is -1.62. The number of carboxylic acids is 1. The van der Waals surface area contributed by atoms with Crippen molar-refractivity contribution in [3.05, 3.63) is 23.1 Å². The Kier molecular flexibility index (Phi) is 2.32. The zero-order valence-electron chi connectivity index (χ0n) is 7.94. The zero-order chi connectivity index (χ0) is 11.0. The summed E-state index contributed by atoms with van der Waals surface area (Å²) in [5, 5.41) is 13.2. The van der Waals surface area contributed by atoms with Crippen LogP contribution in [0.25, 0.3) is 5.57 Å². The third-order valence-electron chi connectivity index (χ3n) is 2.18. The molecule has 0 saturated heterocycles. The van der Waals surface area contributed by atoms with Gasteiger partial charge in [0.2, 0.25) is 0 Å². The maximum absolute atomic E-state index is 10.7. The van der Waals surface area contributed by atoms with Gasteiger partial charge in [-0.15, -0.1) is 0 Å². The van der Waals surface area contributed by atoms with Gasteiger partial charge in [-0.3, -0.25) is 9.67 Å². The fraction of sp³-hybridized carbons (Fsp3) is 0.222. The summed E-state index contributed by atoms with van der Waals surface area (Å²) < 4.78 is 1.61. The number of aromatic nitrogens is 2. The molecule has 1 aliphatic rings. The van der Waals surface area contributed by atoms with Gasteiger partial charge in [0.05, 0.1) is 16.9 Å². The van der Waals surface area contributed by atoms with Crippen LogP contribution < -0.4 is 0 Å². The highest BCUT2D eigenvalue weighted by molar-refractivity contribution is 6.39. The van der Waals surface area contributed by atoms with E-state index in [1.165, 1.54) is 12.4 Å². The van der Waals surface area contributed by atoms with Gasteiger partial charge in [0.1, 0.15) is 5.71 Å². The molecular weight excluding hydrogens is 218 g/mol. The Morgan fingerprint density at radius 1 is 1.67 bits per heavy atom. The topological polar surface area (TPSA) is 67.5 Å². The summed E-state index contributed by atoms with van der Waals surface area (Å²) in [4.78, 5) is 14.5. The summed E-state index contributed by atoms with van der Waals surface area (Å²) in [7, 11) is 1.75. The second-order valence-corrected chi connectivity index (χ2v) is 3.58. The van der Waals surface area contributed by atoms with Crippen molar-refractivity contribution < 1.29 is 9.90 Å². The molecule has 0 spiro atoms. The van der Waals surface area contributed by atoms with Gasteiger partial charge in [0, 0.05) is 25.2 Å². The van der Waals surface area contributed by atoms with E-state index in [0.29, 0.717) is 5.02 Å². The van der Waals surface area contributed by atoms with Crippen LogP contribution in [-0.2, 0) is 11.8 Å². The summed E-state index contributed by atoms with van der Waals surface area (Å²) in [5.41, 5.74) is 1.62. The summed E-state index contributed by atoms with van der Waals surface area (Å²) in [6.07, 6.45) is 3.33. The highest BCUT2D eigenvalue weighted by Gasteiger charge is 2.21. The highest BCUT2D eigenvalue weighted by atomic mass is 35.5. The average Bonchev–Trinajstić information content (AvgIpc) is 2.73. The Balaban J connectivity index is 2.28. The van der Waals surface area contributed by atoms with Gasteiger partial charge in [-0.2, -0.15) is 5.10 Å². The van der Waals surface area contributed by atoms with E-state index >= 15 is 0 Å². The van der Waals surface area contributed by atoms with Crippen LogP contribution >= 0.6 is 11.6 Å². The third-order valence-corrected chi connectivity index (χ3v) is 2.46. The first-order valence-electron chi connectivity index (χ1n) is 4.26. The predicted molar refractivity (Wildman–Crippen MR) is 55.9 cm³/mol. The number of carboxylic acid groups (broad SMARTS) is 1. The number of nitrogens with zero attached hydrogens (tertiary/aromatic N) is 3. The molecule has 6 heteroatoms. The van der Waals surface area contributed by atoms with E-state index in [1.807, 2.05) is 0 Å². The lowest BCUT2D eigenvalue weighted by Gasteiger charge is -2.02. The standard InChI is InChI=1S/C9H8ClN3O2/c1-13-8(6(10)4-12-13)5-2-7(9(14)15)11-3-5/h3-4H,2H2,1H3,(H,14,15). The van der Waals surface area contributed by atoms with E-state index in [-0.39, 0.29) is 12.1 Å². The molecule has 0 aliphatic carbocycles. The number of hydrogen-bond acceptors (Lipinski definition) is 3. The Morgan fingerprint density at radius 3 is 2.87 bits per heavy atom. The molecule has 0 radical (unpaired) electrons. The van der Waals surface area contributed by atoms with Crippen molar-refractivity contribution in [1.29, 1.82) is 0 Å². The molecule has 0 fully saturated rings. The Labute approximate surface area is 90.7 Å². The molecule has 0 atom stereocenters. The Morgan fingerprint density at radius 2 is 2.40 bits per heavy atom. The van der Waals surface area contributed by atoms with Crippen molar-refractivity contribution in [2.75, 3.05) is 0 Å². The van der Waals surface area contributed by atoms with Crippen LogP contribution in [0.1, 0.15) is 12.1 Å². The average molecular weight is 226 g/mol. The van der Waals surface area contributed by atoms with Crippen molar-refractivity contribution in [2.45, 2.75) is 6.42 Å². The number of aryl methyl sites for hydroxylation is 1. The molecule has 1 aromatic rings. The molecule has 1 aromatic heterocycles. The largest absolute Gasteiger partial charge is 0.477 e. The van der Waals surface area contributed by atoms with E-state index in [0.717, 1.165) is 11.3 Å². The molecule has 0 aromatic carbocycles. The van der Waals surface area contributed by atoms with Crippen LogP contribution in [0.5, 0.6) is 0 Å². The van der Waals surface area contributed by atoms with Gasteiger partial charge in [-0.25, -0.2) is 4.79 Å². The molecule has 0 saturated carbocycles. The van der Waals surface area contributed by atoms with E-state index in [9.17, 15) is 4.79 Å². The molecule has 15 heavy (non-hydrogen) atoms. The minimum atomic E-state index is -1.00. The smallest absolute Gasteiger partial charge is 0.350 e. The molecule has 5 nitrogen and oxygen atoms in total. The molecular formula is C9H8ClN3O2. The number of hydrogen-bond donors (Lipinski definition) is 1. The monoisotopic (exact) mass is 225 g/mol. The summed E-state index contributed by atoms with van der Waals surface area (Å²) in [6.45, 7) is 0. The molecule has 78 valence electrons. The number of allylic oxidation sites excluding steroid dienone is 1. The molecule has 1 N–H and O–H groups in total. The lowest BCUT2D eigenvalue weighted by molar-refractivity contribution is -0.129. The maximum atomic E-state index is 10.7. The molecule has 2 rings (SSSR count). The molecule has 0 bridgehead atoms. The number of aliphatic imine (C=N–C) groups is 1.